The summed E-state index contributed by atoms with van der Waals surface area (Å²) in [6.07, 6.45) is 6.45. The van der Waals surface area contributed by atoms with Crippen molar-refractivity contribution in [2.45, 2.75) is 44.3 Å². The van der Waals surface area contributed by atoms with Crippen molar-refractivity contribution < 1.29 is 4.79 Å². The van der Waals surface area contributed by atoms with Gasteiger partial charge in [0.15, 0.2) is 0 Å². The SMILES string of the molecule is CN(C)C1CCCC(NC(=O)N2CCN(Cc3ccccn3)CC2)C1. The van der Waals surface area contributed by atoms with Gasteiger partial charge in [0, 0.05) is 51.0 Å². The minimum Gasteiger partial charge on any atom is -0.335 e. The molecule has 138 valence electrons. The zero-order chi connectivity index (χ0) is 17.6. The first-order valence-electron chi connectivity index (χ1n) is 9.46. The van der Waals surface area contributed by atoms with Crippen molar-refractivity contribution in [3.05, 3.63) is 30.1 Å². The predicted octanol–water partition coefficient (Wildman–Crippen LogP) is 1.78. The van der Waals surface area contributed by atoms with Gasteiger partial charge in [0.1, 0.15) is 0 Å². The molecule has 2 amide bonds. The van der Waals surface area contributed by atoms with Gasteiger partial charge in [0.2, 0.25) is 0 Å². The van der Waals surface area contributed by atoms with E-state index in [0.717, 1.165) is 51.3 Å². The van der Waals surface area contributed by atoms with Gasteiger partial charge in [-0.1, -0.05) is 6.07 Å². The van der Waals surface area contributed by atoms with E-state index in [4.69, 9.17) is 0 Å². The Kier molecular flexibility index (Phi) is 6.26. The lowest BCUT2D eigenvalue weighted by Crippen LogP contribution is -2.54. The largest absolute Gasteiger partial charge is 0.335 e. The Labute approximate surface area is 151 Å². The van der Waals surface area contributed by atoms with Crippen molar-refractivity contribution >= 4 is 6.03 Å². The second-order valence-corrected chi connectivity index (χ2v) is 7.51. The van der Waals surface area contributed by atoms with E-state index in [2.05, 4.69) is 40.3 Å². The Hall–Kier alpha value is -1.66. The van der Waals surface area contributed by atoms with Crippen LogP contribution in [0.3, 0.4) is 0 Å². The van der Waals surface area contributed by atoms with E-state index in [9.17, 15) is 4.79 Å². The third kappa shape index (κ3) is 5.16. The first-order chi connectivity index (χ1) is 12.1. The molecule has 1 saturated carbocycles. The first-order valence-corrected chi connectivity index (χ1v) is 9.46. The van der Waals surface area contributed by atoms with E-state index < -0.39 is 0 Å². The summed E-state index contributed by atoms with van der Waals surface area (Å²) in [5.41, 5.74) is 1.09. The average molecular weight is 345 g/mol. The summed E-state index contributed by atoms with van der Waals surface area (Å²) >= 11 is 0. The molecule has 3 rings (SSSR count). The van der Waals surface area contributed by atoms with Crippen LogP contribution >= 0.6 is 0 Å². The Morgan fingerprint density at radius 1 is 1.24 bits per heavy atom. The van der Waals surface area contributed by atoms with E-state index >= 15 is 0 Å². The molecule has 0 spiro atoms. The summed E-state index contributed by atoms with van der Waals surface area (Å²) in [5.74, 6) is 0. The number of hydrogen-bond donors (Lipinski definition) is 1. The summed E-state index contributed by atoms with van der Waals surface area (Å²) in [7, 11) is 4.27. The van der Waals surface area contributed by atoms with Crippen molar-refractivity contribution in [1.82, 2.24) is 25.0 Å². The van der Waals surface area contributed by atoms with E-state index in [1.807, 2.05) is 23.2 Å². The molecule has 0 bridgehead atoms. The van der Waals surface area contributed by atoms with Crippen LogP contribution in [0.4, 0.5) is 4.79 Å². The Morgan fingerprint density at radius 3 is 2.72 bits per heavy atom. The Balaban J connectivity index is 1.42. The fourth-order valence-corrected chi connectivity index (χ4v) is 3.86. The highest BCUT2D eigenvalue weighted by molar-refractivity contribution is 5.74. The molecule has 1 aliphatic carbocycles. The van der Waals surface area contributed by atoms with E-state index in [-0.39, 0.29) is 6.03 Å². The monoisotopic (exact) mass is 345 g/mol. The molecule has 2 aliphatic rings. The second kappa shape index (κ2) is 8.63. The molecule has 1 aliphatic heterocycles. The fourth-order valence-electron chi connectivity index (χ4n) is 3.86. The second-order valence-electron chi connectivity index (χ2n) is 7.51. The minimum atomic E-state index is 0.113. The van der Waals surface area contributed by atoms with Crippen molar-refractivity contribution in [3.63, 3.8) is 0 Å². The lowest BCUT2D eigenvalue weighted by Gasteiger charge is -2.37. The Morgan fingerprint density at radius 2 is 2.04 bits per heavy atom. The lowest BCUT2D eigenvalue weighted by molar-refractivity contribution is 0.127. The van der Waals surface area contributed by atoms with Gasteiger partial charge in [0.05, 0.1) is 5.69 Å². The van der Waals surface area contributed by atoms with Crippen molar-refractivity contribution in [3.8, 4) is 0 Å². The van der Waals surface area contributed by atoms with Crippen LogP contribution in [0.25, 0.3) is 0 Å². The maximum atomic E-state index is 12.6. The molecule has 6 nitrogen and oxygen atoms in total. The number of nitrogens with one attached hydrogen (secondary N) is 1. The predicted molar refractivity (Wildman–Crippen MR) is 99.3 cm³/mol. The smallest absolute Gasteiger partial charge is 0.317 e. The molecular weight excluding hydrogens is 314 g/mol. The number of amides is 2. The molecule has 6 heteroatoms. The van der Waals surface area contributed by atoms with Crippen LogP contribution < -0.4 is 5.32 Å². The molecule has 1 N–H and O–H groups in total. The van der Waals surface area contributed by atoms with Crippen molar-refractivity contribution in [2.24, 2.45) is 0 Å². The van der Waals surface area contributed by atoms with Crippen LogP contribution in [0, 0.1) is 0 Å². The lowest BCUT2D eigenvalue weighted by atomic mass is 9.90. The van der Waals surface area contributed by atoms with Gasteiger partial charge < -0.3 is 15.1 Å². The normalized spacial score (nSPS) is 25.2. The molecular formula is C19H31N5O. The van der Waals surface area contributed by atoms with E-state index in [1.54, 1.807) is 0 Å². The maximum absolute atomic E-state index is 12.6. The third-order valence-corrected chi connectivity index (χ3v) is 5.48. The number of carbonyl (C=O) groups excluding carboxylic acids is 1. The quantitative estimate of drug-likeness (QED) is 0.904. The van der Waals surface area contributed by atoms with Gasteiger partial charge in [-0.05, 0) is 51.9 Å². The number of rotatable bonds is 4. The summed E-state index contributed by atoms with van der Waals surface area (Å²) in [4.78, 5) is 23.6. The van der Waals surface area contributed by atoms with E-state index in [0.29, 0.717) is 12.1 Å². The van der Waals surface area contributed by atoms with Gasteiger partial charge in [0.25, 0.3) is 0 Å². The standard InChI is InChI=1S/C19H31N5O/c1-22(2)18-8-5-7-16(14-18)21-19(25)24-12-10-23(11-13-24)15-17-6-3-4-9-20-17/h3-4,6,9,16,18H,5,7-8,10-15H2,1-2H3,(H,21,25). The summed E-state index contributed by atoms with van der Waals surface area (Å²) in [6, 6.07) is 7.05. The fraction of sp³-hybridized carbons (Fsp3) is 0.684. The van der Waals surface area contributed by atoms with Gasteiger partial charge in [-0.3, -0.25) is 9.88 Å². The van der Waals surface area contributed by atoms with Crippen LogP contribution in [-0.4, -0.2) is 78.1 Å². The number of pyridine rings is 1. The molecule has 1 aromatic rings. The molecule has 1 aromatic heterocycles. The van der Waals surface area contributed by atoms with Gasteiger partial charge in [-0.15, -0.1) is 0 Å². The van der Waals surface area contributed by atoms with Crippen molar-refractivity contribution in [1.29, 1.82) is 0 Å². The average Bonchev–Trinajstić information content (AvgIpc) is 2.63. The number of nitrogens with zero attached hydrogens (tertiary/aromatic N) is 4. The number of urea groups is 1. The van der Waals surface area contributed by atoms with Crippen molar-refractivity contribution in [2.75, 3.05) is 40.3 Å². The first kappa shape index (κ1) is 18.1. The van der Waals surface area contributed by atoms with Crippen LogP contribution in [0.5, 0.6) is 0 Å². The molecule has 0 radical (unpaired) electrons. The summed E-state index contributed by atoms with van der Waals surface area (Å²) in [6.45, 7) is 4.28. The molecule has 2 fully saturated rings. The van der Waals surface area contributed by atoms with E-state index in [1.165, 1.54) is 12.8 Å². The highest BCUT2D eigenvalue weighted by Gasteiger charge is 2.27. The topological polar surface area (TPSA) is 51.7 Å². The highest BCUT2D eigenvalue weighted by atomic mass is 16.2. The number of carbonyl (C=O) groups is 1. The molecule has 0 aromatic carbocycles. The summed E-state index contributed by atoms with van der Waals surface area (Å²) < 4.78 is 0. The number of aromatic nitrogens is 1. The minimum absolute atomic E-state index is 0.113. The maximum Gasteiger partial charge on any atom is 0.317 e. The number of hydrogen-bond acceptors (Lipinski definition) is 4. The van der Waals surface area contributed by atoms with Crippen LogP contribution in [0.2, 0.25) is 0 Å². The molecule has 25 heavy (non-hydrogen) atoms. The van der Waals surface area contributed by atoms with Gasteiger partial charge >= 0.3 is 6.03 Å². The third-order valence-electron chi connectivity index (χ3n) is 5.48. The van der Waals surface area contributed by atoms with Crippen LogP contribution in [0.15, 0.2) is 24.4 Å². The number of piperazine rings is 1. The summed E-state index contributed by atoms with van der Waals surface area (Å²) in [5, 5.41) is 3.27. The van der Waals surface area contributed by atoms with Crippen LogP contribution in [0.1, 0.15) is 31.4 Å². The zero-order valence-corrected chi connectivity index (χ0v) is 15.5. The molecule has 2 atom stereocenters. The molecule has 2 unspecified atom stereocenters. The molecule has 1 saturated heterocycles. The zero-order valence-electron chi connectivity index (χ0n) is 15.5. The Bertz CT molecular complexity index is 542. The van der Waals surface area contributed by atoms with Gasteiger partial charge in [-0.25, -0.2) is 4.79 Å². The van der Waals surface area contributed by atoms with Gasteiger partial charge in [-0.2, -0.15) is 0 Å². The van der Waals surface area contributed by atoms with Crippen LogP contribution in [-0.2, 0) is 6.54 Å². The highest BCUT2D eigenvalue weighted by Crippen LogP contribution is 2.21. The molecule has 2 heterocycles.